The van der Waals surface area contributed by atoms with Gasteiger partial charge in [0, 0.05) is 37.5 Å². The van der Waals surface area contributed by atoms with E-state index < -0.39 is 10.8 Å². The summed E-state index contributed by atoms with van der Waals surface area (Å²) >= 11 is 0. The second kappa shape index (κ2) is 8.81. The van der Waals surface area contributed by atoms with Crippen LogP contribution in [0.2, 0.25) is 0 Å². The molecule has 1 aliphatic carbocycles. The number of aromatic nitrogens is 3. The van der Waals surface area contributed by atoms with Crippen LogP contribution < -0.4 is 9.64 Å². The Kier molecular flexibility index (Phi) is 6.18. The van der Waals surface area contributed by atoms with Gasteiger partial charge in [0.05, 0.1) is 22.3 Å². The molecule has 0 amide bonds. The van der Waals surface area contributed by atoms with Gasteiger partial charge in [-0.05, 0) is 49.5 Å². The maximum Gasteiger partial charge on any atom is 0.324 e. The Bertz CT molecular complexity index is 831. The number of hydrogen-bond donors (Lipinski definition) is 0. The van der Waals surface area contributed by atoms with E-state index >= 15 is 0 Å². The summed E-state index contributed by atoms with van der Waals surface area (Å²) in [4.78, 5) is 11.7. The molecular formula is C21H30N4O3S. The molecule has 158 valence electrons. The fraction of sp³-hybridized carbons (Fsp3) is 0.667. The van der Waals surface area contributed by atoms with Gasteiger partial charge in [0.1, 0.15) is 0 Å². The summed E-state index contributed by atoms with van der Waals surface area (Å²) in [6.07, 6.45) is 8.06. The maximum atomic E-state index is 11.4. The van der Waals surface area contributed by atoms with E-state index in [-0.39, 0.29) is 0 Å². The highest BCUT2D eigenvalue weighted by Gasteiger charge is 2.43. The normalized spacial score (nSPS) is 23.4. The van der Waals surface area contributed by atoms with Crippen LogP contribution in [-0.4, -0.2) is 45.3 Å². The molecule has 0 aromatic carbocycles. The number of anilines is 1. The van der Waals surface area contributed by atoms with Crippen LogP contribution in [0.4, 0.5) is 6.01 Å². The summed E-state index contributed by atoms with van der Waals surface area (Å²) in [6, 6.07) is 4.30. The zero-order valence-corrected chi connectivity index (χ0v) is 18.2. The van der Waals surface area contributed by atoms with Gasteiger partial charge in [-0.15, -0.1) is 0 Å². The van der Waals surface area contributed by atoms with E-state index in [4.69, 9.17) is 9.26 Å². The standard InChI is InChI=1S/C21H30N4O3S/c1-14(2)20-23-21(28-24-20)25-9-6-15(7-10-25)18-12-16(18)8-11-27-19-5-4-17(13-22-19)29(3)26/h4-5,13-16,18H,6-12H2,1-3H3. The van der Waals surface area contributed by atoms with Crippen LogP contribution in [0, 0.1) is 17.8 Å². The Morgan fingerprint density at radius 1 is 1.31 bits per heavy atom. The lowest BCUT2D eigenvalue weighted by Gasteiger charge is -2.30. The molecule has 3 heterocycles. The SMILES string of the molecule is CC(C)c1noc(N2CCC(C3CC3CCOc3ccc(S(C)=O)cn3)CC2)n1. The van der Waals surface area contributed by atoms with Crippen molar-refractivity contribution in [2.75, 3.05) is 30.9 Å². The minimum absolute atomic E-state index is 0.295. The van der Waals surface area contributed by atoms with Gasteiger partial charge in [0.15, 0.2) is 5.82 Å². The first kappa shape index (κ1) is 20.3. The van der Waals surface area contributed by atoms with E-state index in [0.29, 0.717) is 24.4 Å². The summed E-state index contributed by atoms with van der Waals surface area (Å²) < 4.78 is 22.6. The van der Waals surface area contributed by atoms with Crippen molar-refractivity contribution >= 4 is 16.8 Å². The van der Waals surface area contributed by atoms with E-state index in [2.05, 4.69) is 33.9 Å². The number of ether oxygens (including phenoxy) is 1. The second-order valence-corrected chi connectivity index (χ2v) is 9.88. The largest absolute Gasteiger partial charge is 0.478 e. The molecule has 1 saturated heterocycles. The average Bonchev–Trinajstić information content (AvgIpc) is 3.31. The van der Waals surface area contributed by atoms with Crippen molar-refractivity contribution in [1.82, 2.24) is 15.1 Å². The van der Waals surface area contributed by atoms with Crippen LogP contribution in [0.3, 0.4) is 0 Å². The lowest BCUT2D eigenvalue weighted by atomic mass is 9.90. The number of hydrogen-bond acceptors (Lipinski definition) is 7. The molecule has 4 rings (SSSR count). The third-order valence-electron chi connectivity index (χ3n) is 6.12. The molecule has 1 saturated carbocycles. The van der Waals surface area contributed by atoms with Gasteiger partial charge < -0.3 is 14.2 Å². The molecule has 29 heavy (non-hydrogen) atoms. The summed E-state index contributed by atoms with van der Waals surface area (Å²) in [6.45, 7) is 6.85. The Hall–Kier alpha value is -1.96. The minimum atomic E-state index is -0.999. The Labute approximate surface area is 174 Å². The quantitative estimate of drug-likeness (QED) is 0.647. The molecule has 3 atom stereocenters. The van der Waals surface area contributed by atoms with Gasteiger partial charge in [-0.25, -0.2) is 4.98 Å². The highest BCUT2D eigenvalue weighted by Crippen LogP contribution is 2.49. The molecule has 0 radical (unpaired) electrons. The average molecular weight is 419 g/mol. The predicted octanol–water partition coefficient (Wildman–Crippen LogP) is 3.65. The van der Waals surface area contributed by atoms with E-state index in [1.165, 1.54) is 19.3 Å². The number of pyridine rings is 1. The van der Waals surface area contributed by atoms with Crippen LogP contribution in [0.1, 0.15) is 51.3 Å². The summed E-state index contributed by atoms with van der Waals surface area (Å²) in [7, 11) is -0.999. The van der Waals surface area contributed by atoms with Gasteiger partial charge in [0.2, 0.25) is 5.88 Å². The third-order valence-corrected chi connectivity index (χ3v) is 7.03. The molecule has 0 bridgehead atoms. The van der Waals surface area contributed by atoms with Gasteiger partial charge in [-0.1, -0.05) is 19.0 Å². The molecule has 0 N–H and O–H groups in total. The minimum Gasteiger partial charge on any atom is -0.478 e. The molecule has 3 unspecified atom stereocenters. The fourth-order valence-electron chi connectivity index (χ4n) is 4.23. The van der Waals surface area contributed by atoms with Crippen molar-refractivity contribution in [3.05, 3.63) is 24.2 Å². The van der Waals surface area contributed by atoms with Crippen LogP contribution >= 0.6 is 0 Å². The van der Waals surface area contributed by atoms with Crippen LogP contribution in [0.15, 0.2) is 27.7 Å². The first-order valence-electron chi connectivity index (χ1n) is 10.5. The molecular weight excluding hydrogens is 388 g/mol. The van der Waals surface area contributed by atoms with Crippen molar-refractivity contribution in [1.29, 1.82) is 0 Å². The van der Waals surface area contributed by atoms with Crippen molar-refractivity contribution in [3.63, 3.8) is 0 Å². The molecule has 0 spiro atoms. The van der Waals surface area contributed by atoms with E-state index in [9.17, 15) is 4.21 Å². The summed E-state index contributed by atoms with van der Waals surface area (Å²) in [5, 5.41) is 4.08. The Morgan fingerprint density at radius 3 is 2.72 bits per heavy atom. The smallest absolute Gasteiger partial charge is 0.324 e. The molecule has 2 aromatic heterocycles. The van der Waals surface area contributed by atoms with Gasteiger partial charge >= 0.3 is 6.01 Å². The van der Waals surface area contributed by atoms with Crippen molar-refractivity contribution in [3.8, 4) is 5.88 Å². The van der Waals surface area contributed by atoms with Crippen LogP contribution in [0.25, 0.3) is 0 Å². The van der Waals surface area contributed by atoms with Gasteiger partial charge in [-0.3, -0.25) is 4.21 Å². The van der Waals surface area contributed by atoms with Crippen LogP contribution in [-0.2, 0) is 10.8 Å². The first-order chi connectivity index (χ1) is 14.0. The van der Waals surface area contributed by atoms with Crippen molar-refractivity contribution in [2.45, 2.75) is 50.3 Å². The molecule has 2 aliphatic rings. The molecule has 2 aromatic rings. The van der Waals surface area contributed by atoms with E-state index in [0.717, 1.165) is 48.0 Å². The lowest BCUT2D eigenvalue weighted by Crippen LogP contribution is -2.34. The molecule has 7 nitrogen and oxygen atoms in total. The highest BCUT2D eigenvalue weighted by atomic mass is 32.2. The Morgan fingerprint density at radius 2 is 2.10 bits per heavy atom. The lowest BCUT2D eigenvalue weighted by molar-refractivity contribution is 0.274. The van der Waals surface area contributed by atoms with Gasteiger partial charge in [-0.2, -0.15) is 4.98 Å². The fourth-order valence-corrected chi connectivity index (χ4v) is 4.69. The van der Waals surface area contributed by atoms with Gasteiger partial charge in [0.25, 0.3) is 0 Å². The van der Waals surface area contributed by atoms with E-state index in [1.807, 2.05) is 6.07 Å². The first-order valence-corrected chi connectivity index (χ1v) is 12.1. The second-order valence-electron chi connectivity index (χ2n) is 8.50. The maximum absolute atomic E-state index is 11.4. The van der Waals surface area contributed by atoms with Crippen molar-refractivity contribution in [2.24, 2.45) is 17.8 Å². The monoisotopic (exact) mass is 418 g/mol. The van der Waals surface area contributed by atoms with Crippen LogP contribution in [0.5, 0.6) is 5.88 Å². The molecule has 1 aliphatic heterocycles. The summed E-state index contributed by atoms with van der Waals surface area (Å²) in [5.74, 6) is 4.09. The number of piperidine rings is 1. The topological polar surface area (TPSA) is 81.4 Å². The van der Waals surface area contributed by atoms with Crippen molar-refractivity contribution < 1.29 is 13.5 Å². The summed E-state index contributed by atoms with van der Waals surface area (Å²) in [5.41, 5.74) is 0. The zero-order chi connectivity index (χ0) is 20.4. The zero-order valence-electron chi connectivity index (χ0n) is 17.4. The Balaban J connectivity index is 1.17. The molecule has 8 heteroatoms. The predicted molar refractivity (Wildman–Crippen MR) is 112 cm³/mol. The third kappa shape index (κ3) is 4.97. The van der Waals surface area contributed by atoms with E-state index in [1.54, 1.807) is 18.5 Å². The number of nitrogens with zero attached hydrogens (tertiary/aromatic N) is 4. The molecule has 2 fully saturated rings. The number of rotatable bonds is 8. The highest BCUT2D eigenvalue weighted by molar-refractivity contribution is 7.84.